The number of aryl methyl sites for hydroxylation is 1. The molecule has 1 aliphatic heterocycles. The molecule has 2 atom stereocenters. The van der Waals surface area contributed by atoms with Crippen LogP contribution in [0.1, 0.15) is 48.4 Å². The number of nitrogens with zero attached hydrogens (tertiary/aromatic N) is 2. The van der Waals surface area contributed by atoms with Gasteiger partial charge in [-0.05, 0) is 38.0 Å². The van der Waals surface area contributed by atoms with Crippen molar-refractivity contribution in [3.8, 4) is 6.07 Å². The van der Waals surface area contributed by atoms with E-state index < -0.39 is 11.8 Å². The molecule has 148 valence electrons. The van der Waals surface area contributed by atoms with E-state index in [0.717, 1.165) is 6.42 Å². The summed E-state index contributed by atoms with van der Waals surface area (Å²) in [6.07, 6.45) is 2.45. The summed E-state index contributed by atoms with van der Waals surface area (Å²) >= 11 is 1.25. The topological polar surface area (TPSA) is 83.4 Å². The van der Waals surface area contributed by atoms with Crippen molar-refractivity contribution in [2.75, 3.05) is 5.75 Å². The highest BCUT2D eigenvalue weighted by Gasteiger charge is 2.39. The molecule has 0 fully saturated rings. The number of aliphatic imine (C=N–C) groups is 1. The quantitative estimate of drug-likeness (QED) is 0.633. The minimum absolute atomic E-state index is 0.0226. The molecule has 3 rings (SSSR count). The molecule has 2 heterocycles. The summed E-state index contributed by atoms with van der Waals surface area (Å²) in [7, 11) is 0. The van der Waals surface area contributed by atoms with Gasteiger partial charge in [0.15, 0.2) is 11.6 Å². The summed E-state index contributed by atoms with van der Waals surface area (Å²) < 4.78 is 5.53. The van der Waals surface area contributed by atoms with Gasteiger partial charge >= 0.3 is 0 Å². The van der Waals surface area contributed by atoms with E-state index in [4.69, 9.17) is 4.42 Å². The Hall–Kier alpha value is -2.91. The van der Waals surface area contributed by atoms with Crippen LogP contribution in [0.4, 0.5) is 0 Å². The zero-order valence-corrected chi connectivity index (χ0v) is 17.5. The van der Waals surface area contributed by atoms with Gasteiger partial charge in [0.2, 0.25) is 0 Å². The van der Waals surface area contributed by atoms with Gasteiger partial charge < -0.3 is 4.42 Å². The molecule has 0 amide bonds. The lowest BCUT2D eigenvalue weighted by Crippen LogP contribution is -2.28. The van der Waals surface area contributed by atoms with Gasteiger partial charge in [0.05, 0.1) is 29.0 Å². The minimum atomic E-state index is -0.677. The SMILES string of the molecule is CCc1ccc(C(=O)CSC2=NC(C)=C(C(C)=O)[C@@H](c3ccco3)C2C#N)cc1. The fourth-order valence-corrected chi connectivity index (χ4v) is 4.49. The standard InChI is InChI=1S/C23H22N2O3S/c1-4-16-7-9-17(10-8-16)19(27)13-29-23-18(12-24)22(20-6-5-11-28-20)21(15(3)26)14(2)25-23/h5-11,18,22H,4,13H2,1-3H3/t18?,22-/m1/s1. The van der Waals surface area contributed by atoms with Crippen molar-refractivity contribution < 1.29 is 14.0 Å². The number of thioether (sulfide) groups is 1. The first-order chi connectivity index (χ1) is 14.0. The third-order valence-corrected chi connectivity index (χ3v) is 6.03. The predicted molar refractivity (Wildman–Crippen MR) is 114 cm³/mol. The van der Waals surface area contributed by atoms with Crippen LogP contribution in [0, 0.1) is 17.2 Å². The molecule has 1 aromatic heterocycles. The number of ketones is 2. The van der Waals surface area contributed by atoms with Crippen LogP contribution in [0.2, 0.25) is 0 Å². The van der Waals surface area contributed by atoms with E-state index in [9.17, 15) is 14.9 Å². The Labute approximate surface area is 174 Å². The summed E-state index contributed by atoms with van der Waals surface area (Å²) in [5.74, 6) is -0.628. The molecule has 5 nitrogen and oxygen atoms in total. The molecule has 1 aromatic carbocycles. The smallest absolute Gasteiger partial charge is 0.173 e. The third-order valence-electron chi connectivity index (χ3n) is 4.98. The fraction of sp³-hybridized carbons (Fsp3) is 0.304. The summed E-state index contributed by atoms with van der Waals surface area (Å²) in [6, 6.07) is 13.3. The van der Waals surface area contributed by atoms with Crippen molar-refractivity contribution >= 4 is 28.4 Å². The van der Waals surface area contributed by atoms with Crippen LogP contribution < -0.4 is 0 Å². The molecule has 6 heteroatoms. The molecule has 1 unspecified atom stereocenters. The first-order valence-corrected chi connectivity index (χ1v) is 10.4. The van der Waals surface area contributed by atoms with Crippen molar-refractivity contribution in [2.24, 2.45) is 10.9 Å². The van der Waals surface area contributed by atoms with E-state index in [-0.39, 0.29) is 17.3 Å². The Kier molecular flexibility index (Phi) is 6.50. The van der Waals surface area contributed by atoms with Gasteiger partial charge in [0.25, 0.3) is 0 Å². The second kappa shape index (κ2) is 9.06. The Bertz CT molecular complexity index is 1010. The molecule has 0 N–H and O–H groups in total. The molecule has 0 radical (unpaired) electrons. The predicted octanol–water partition coefficient (Wildman–Crippen LogP) is 4.96. The van der Waals surface area contributed by atoms with Crippen molar-refractivity contribution in [1.29, 1.82) is 5.26 Å². The number of rotatable bonds is 6. The number of carbonyl (C=O) groups excluding carboxylic acids is 2. The number of hydrogen-bond acceptors (Lipinski definition) is 6. The van der Waals surface area contributed by atoms with Gasteiger partial charge in [0.1, 0.15) is 11.7 Å². The van der Waals surface area contributed by atoms with Crippen LogP contribution in [-0.2, 0) is 11.2 Å². The number of furan rings is 1. The fourth-order valence-electron chi connectivity index (χ4n) is 3.48. The lowest BCUT2D eigenvalue weighted by atomic mass is 9.80. The lowest BCUT2D eigenvalue weighted by molar-refractivity contribution is -0.114. The van der Waals surface area contributed by atoms with Crippen molar-refractivity contribution in [1.82, 2.24) is 0 Å². The molecular weight excluding hydrogens is 384 g/mol. The Balaban J connectivity index is 1.85. The second-order valence-corrected chi connectivity index (χ2v) is 7.86. The molecule has 0 saturated heterocycles. The van der Waals surface area contributed by atoms with Crippen LogP contribution in [0.15, 0.2) is 63.3 Å². The van der Waals surface area contributed by atoms with E-state index in [2.05, 4.69) is 18.0 Å². The maximum absolute atomic E-state index is 12.6. The van der Waals surface area contributed by atoms with Crippen molar-refractivity contribution in [3.05, 3.63) is 70.8 Å². The van der Waals surface area contributed by atoms with E-state index in [0.29, 0.717) is 27.6 Å². The van der Waals surface area contributed by atoms with E-state index in [1.165, 1.54) is 30.5 Å². The molecule has 29 heavy (non-hydrogen) atoms. The summed E-state index contributed by atoms with van der Waals surface area (Å²) in [4.78, 5) is 29.4. The van der Waals surface area contributed by atoms with Gasteiger partial charge in [-0.1, -0.05) is 31.2 Å². The molecule has 0 aliphatic carbocycles. The number of hydrogen-bond donors (Lipinski definition) is 0. The summed E-state index contributed by atoms with van der Waals surface area (Å²) in [5, 5.41) is 10.4. The third kappa shape index (κ3) is 4.41. The van der Waals surface area contributed by atoms with Gasteiger partial charge in [-0.25, -0.2) is 4.99 Å². The molecule has 0 saturated carbocycles. The average molecular weight is 407 g/mol. The van der Waals surface area contributed by atoms with Gasteiger partial charge in [-0.3, -0.25) is 9.59 Å². The highest BCUT2D eigenvalue weighted by molar-refractivity contribution is 8.14. The van der Waals surface area contributed by atoms with Gasteiger partial charge in [-0.2, -0.15) is 5.26 Å². The van der Waals surface area contributed by atoms with E-state index in [1.54, 1.807) is 19.1 Å². The summed E-state index contributed by atoms with van der Waals surface area (Å²) in [5.41, 5.74) is 2.86. The zero-order valence-electron chi connectivity index (χ0n) is 16.6. The highest BCUT2D eigenvalue weighted by Crippen LogP contribution is 2.41. The largest absolute Gasteiger partial charge is 0.469 e. The molecule has 2 aromatic rings. The number of carbonyl (C=O) groups is 2. The molecular formula is C23H22N2O3S. The van der Waals surface area contributed by atoms with Crippen molar-refractivity contribution in [3.63, 3.8) is 0 Å². The summed E-state index contributed by atoms with van der Waals surface area (Å²) in [6.45, 7) is 5.29. The van der Waals surface area contributed by atoms with Crippen LogP contribution in [0.25, 0.3) is 0 Å². The Morgan fingerprint density at radius 2 is 1.97 bits per heavy atom. The Morgan fingerprint density at radius 3 is 2.52 bits per heavy atom. The molecule has 0 spiro atoms. The normalized spacial score (nSPS) is 18.9. The first kappa shape index (κ1) is 20.8. The highest BCUT2D eigenvalue weighted by atomic mass is 32.2. The second-order valence-electron chi connectivity index (χ2n) is 6.87. The van der Waals surface area contributed by atoms with E-state index in [1.807, 2.05) is 24.3 Å². The molecule has 1 aliphatic rings. The minimum Gasteiger partial charge on any atom is -0.469 e. The number of allylic oxidation sites excluding steroid dienone is 2. The number of Topliss-reactive ketones (excluding diaryl/α,β-unsaturated/α-hetero) is 2. The lowest BCUT2D eigenvalue weighted by Gasteiger charge is -2.27. The maximum atomic E-state index is 12.6. The number of benzene rings is 1. The van der Waals surface area contributed by atoms with Gasteiger partial charge in [0, 0.05) is 16.8 Å². The molecule has 0 bridgehead atoms. The van der Waals surface area contributed by atoms with Crippen LogP contribution in [0.5, 0.6) is 0 Å². The van der Waals surface area contributed by atoms with Crippen LogP contribution in [-0.4, -0.2) is 22.4 Å². The monoisotopic (exact) mass is 406 g/mol. The van der Waals surface area contributed by atoms with E-state index >= 15 is 0 Å². The average Bonchev–Trinajstić information content (AvgIpc) is 3.25. The Morgan fingerprint density at radius 1 is 1.24 bits per heavy atom. The van der Waals surface area contributed by atoms with Crippen LogP contribution in [0.3, 0.4) is 0 Å². The number of nitriles is 1. The van der Waals surface area contributed by atoms with Crippen molar-refractivity contribution in [2.45, 2.75) is 33.1 Å². The maximum Gasteiger partial charge on any atom is 0.173 e. The first-order valence-electron chi connectivity index (χ1n) is 9.44. The van der Waals surface area contributed by atoms with Crippen LogP contribution >= 0.6 is 11.8 Å². The zero-order chi connectivity index (χ0) is 21.0. The van der Waals surface area contributed by atoms with Gasteiger partial charge in [-0.15, -0.1) is 11.8 Å².